The van der Waals surface area contributed by atoms with E-state index in [4.69, 9.17) is 76.4 Å². The van der Waals surface area contributed by atoms with Crippen LogP contribution in [-0.4, -0.2) is 317 Å². The van der Waals surface area contributed by atoms with E-state index in [1.54, 1.807) is 63.6 Å². The van der Waals surface area contributed by atoms with Crippen molar-refractivity contribution in [2.45, 2.75) is 188 Å². The maximum absolute atomic E-state index is 14.3. The number of carboxylic acid groups (broad SMARTS) is 1. The van der Waals surface area contributed by atoms with Crippen LogP contribution in [0.4, 0.5) is 21.4 Å². The highest BCUT2D eigenvalue weighted by Gasteiger charge is 2.66. The number of thiazole rings is 1. The van der Waals surface area contributed by atoms with E-state index in [0.717, 1.165) is 70.5 Å². The fourth-order valence-electron chi connectivity index (χ4n) is 19.7. The number of hydrogen-bond donors (Lipinski definition) is 9. The van der Waals surface area contributed by atoms with Crippen molar-refractivity contribution in [1.29, 1.82) is 0 Å². The first kappa shape index (κ1) is 112. The third-order valence-corrected chi connectivity index (χ3v) is 26.5. The Morgan fingerprint density at radius 3 is 1.72 bits per heavy atom. The molecule has 10 amide bonds. The number of anilines is 3. The van der Waals surface area contributed by atoms with Crippen molar-refractivity contribution in [2.75, 3.05) is 207 Å². The summed E-state index contributed by atoms with van der Waals surface area (Å²) in [6, 6.07) is 19.2. The minimum absolute atomic E-state index is 0.0632. The molecule has 0 spiro atoms. The molecule has 12 rings (SSSR count). The molecule has 6 aromatic rings. The van der Waals surface area contributed by atoms with Crippen molar-refractivity contribution in [2.24, 2.45) is 22.2 Å². The van der Waals surface area contributed by atoms with E-state index >= 15 is 0 Å². The number of alkyl carbamates (subject to hydrolysis) is 1. The first-order valence-corrected chi connectivity index (χ1v) is 50.4. The average Bonchev–Trinajstić information content (AvgIpc) is 1.23. The van der Waals surface area contributed by atoms with Gasteiger partial charge in [-0.2, -0.15) is 5.10 Å². The lowest BCUT2D eigenvalue weighted by atomic mass is 9.39. The Morgan fingerprint density at radius 1 is 0.538 bits per heavy atom. The molecule has 4 saturated carbocycles. The Hall–Kier alpha value is -10.9. The predicted molar refractivity (Wildman–Crippen MR) is 530 cm³/mol. The Kier molecular flexibility index (Phi) is 45.4. The standard InChI is InChI=1S/C102H144N14O26S/c1-70(2)89(112-85(117)22-10-9-15-34-115-87(119)29-30-88(115)120)95(125)107-72(4)92(122)108-76-25-23-74(24-26-76)61-141-98(128)110-82(20-13-14-32-103-86(118)62-140-58-57-139-56-55-138-54-53-137-52-51-136-50-49-135-48-47-134-46-45-133-44-43-132-42-41-131-40-39-130-38-37-129-8)94(124)106-71(3)91(121)104-33-36-142-102-66-99(6)63-100(7,67-102)65-101(64-99,68-102)69-116-73(5)79(59-105-116)77-27-28-84(111-90(77)96(126)127)114-35-31-75-17-16-18-78(80(75)60-114)93(123)113-97-109-81-19-11-12-21-83(81)143-97/h11-12,16-19,21,23-30,59,70-72,82,89H,9-10,13-15,20,22,31-58,60-69H2,1-8H3,(H,103,118)(H,104,121)(H,106,124)(H,107,125)(H,108,122)(H,110,128)(H,112,117)(H,126,127)(H,109,113,123)/t71-,72+,82?,89+,99?,100?,101?,102?/m1/s1. The van der Waals surface area contributed by atoms with E-state index in [0.29, 0.717) is 229 Å². The molecule has 6 atom stereocenters. The third-order valence-electron chi connectivity index (χ3n) is 25.6. The zero-order valence-corrected chi connectivity index (χ0v) is 84.5. The van der Waals surface area contributed by atoms with Crippen LogP contribution in [0.5, 0.6) is 0 Å². The van der Waals surface area contributed by atoms with Gasteiger partial charge in [-0.15, -0.1) is 0 Å². The number of carboxylic acids is 1. The second-order valence-corrected chi connectivity index (χ2v) is 39.0. The number of carbonyl (C=O) groups excluding carboxylic acids is 10. The highest BCUT2D eigenvalue weighted by Crippen LogP contribution is 2.72. The number of nitrogens with zero attached hydrogens (tertiary/aromatic N) is 6. The van der Waals surface area contributed by atoms with Gasteiger partial charge in [-0.3, -0.25) is 58.0 Å². The topological polar surface area (TPSA) is 484 Å². The lowest BCUT2D eigenvalue weighted by molar-refractivity contribution is -0.247. The second kappa shape index (κ2) is 57.7. The number of hydrogen-bond acceptors (Lipinski definition) is 30. The molecule has 3 aromatic carbocycles. The lowest BCUT2D eigenvalue weighted by Gasteiger charge is -2.69. The summed E-state index contributed by atoms with van der Waals surface area (Å²) in [5, 5.41) is 38.7. The zero-order valence-electron chi connectivity index (χ0n) is 83.7. The van der Waals surface area contributed by atoms with Crippen LogP contribution in [0.2, 0.25) is 0 Å². The number of aromatic nitrogens is 4. The minimum atomic E-state index is -1.19. The van der Waals surface area contributed by atoms with Crippen LogP contribution in [-0.2, 0) is 131 Å². The van der Waals surface area contributed by atoms with Crippen LogP contribution >= 0.6 is 11.3 Å². The van der Waals surface area contributed by atoms with Crippen molar-refractivity contribution in [3.63, 3.8) is 0 Å². The molecule has 3 unspecified atom stereocenters. The van der Waals surface area contributed by atoms with Crippen LogP contribution in [0.1, 0.15) is 168 Å². The van der Waals surface area contributed by atoms with Crippen molar-refractivity contribution in [1.82, 2.24) is 56.5 Å². The van der Waals surface area contributed by atoms with E-state index in [-0.39, 0.29) is 123 Å². The molecule has 2 aliphatic heterocycles. The summed E-state index contributed by atoms with van der Waals surface area (Å²) in [5.41, 5.74) is 4.99. The predicted octanol–water partition coefficient (Wildman–Crippen LogP) is 8.61. The molecule has 6 aliphatic rings. The minimum Gasteiger partial charge on any atom is -0.476 e. The summed E-state index contributed by atoms with van der Waals surface area (Å²) >= 11 is 1.40. The van der Waals surface area contributed by atoms with Crippen LogP contribution in [0.3, 0.4) is 0 Å². The number of amides is 10. The van der Waals surface area contributed by atoms with Gasteiger partial charge in [-0.25, -0.2) is 19.6 Å². The lowest BCUT2D eigenvalue weighted by Crippen LogP contribution is -2.64. The van der Waals surface area contributed by atoms with E-state index in [9.17, 15) is 57.8 Å². The van der Waals surface area contributed by atoms with Gasteiger partial charge in [-0.05, 0) is 179 Å². The quantitative estimate of drug-likeness (QED) is 0.0127. The number of nitrogens with one attached hydrogen (secondary N) is 8. The van der Waals surface area contributed by atoms with Gasteiger partial charge < -0.3 is 114 Å². The van der Waals surface area contributed by atoms with Gasteiger partial charge in [-0.1, -0.05) is 81.9 Å². The Bertz CT molecular complexity index is 5100. The molecule has 40 nitrogen and oxygen atoms in total. The largest absolute Gasteiger partial charge is 0.476 e. The highest BCUT2D eigenvalue weighted by molar-refractivity contribution is 7.22. The number of methoxy groups -OCH3 is 1. The molecule has 784 valence electrons. The van der Waals surface area contributed by atoms with Crippen molar-refractivity contribution in [3.8, 4) is 11.1 Å². The van der Waals surface area contributed by atoms with Gasteiger partial charge in [0, 0.05) is 93.0 Å². The maximum Gasteiger partial charge on any atom is 0.408 e. The van der Waals surface area contributed by atoms with Gasteiger partial charge >= 0.3 is 12.1 Å². The smallest absolute Gasteiger partial charge is 0.408 e. The highest BCUT2D eigenvalue weighted by atomic mass is 32.1. The van der Waals surface area contributed by atoms with Crippen LogP contribution < -0.4 is 47.4 Å². The van der Waals surface area contributed by atoms with Crippen LogP contribution in [0.15, 0.2) is 97.2 Å². The van der Waals surface area contributed by atoms with Crippen molar-refractivity contribution < 1.29 is 124 Å². The Morgan fingerprint density at radius 2 is 1.13 bits per heavy atom. The van der Waals surface area contributed by atoms with Gasteiger partial charge in [0.1, 0.15) is 43.2 Å². The first-order chi connectivity index (χ1) is 69.0. The summed E-state index contributed by atoms with van der Waals surface area (Å²) in [6.07, 6.45) is 11.7. The van der Waals surface area contributed by atoms with Gasteiger partial charge in [0.25, 0.3) is 17.7 Å². The van der Waals surface area contributed by atoms with E-state index in [2.05, 4.69) is 61.4 Å². The number of fused-ring (bicyclic) bond motifs is 2. The number of para-hydroxylation sites is 1. The summed E-state index contributed by atoms with van der Waals surface area (Å²) in [6.45, 7) is 24.3. The molecular weight excluding hydrogens is 1870 g/mol. The fourth-order valence-corrected chi connectivity index (χ4v) is 20.6. The number of ether oxygens (including phenoxy) is 14. The molecule has 0 saturated heterocycles. The van der Waals surface area contributed by atoms with Crippen molar-refractivity contribution in [3.05, 3.63) is 131 Å². The molecule has 5 heterocycles. The second-order valence-electron chi connectivity index (χ2n) is 37.9. The Labute approximate surface area is 839 Å². The molecule has 0 radical (unpaired) electrons. The van der Waals surface area contributed by atoms with Crippen LogP contribution in [0, 0.1) is 29.1 Å². The van der Waals surface area contributed by atoms with Crippen molar-refractivity contribution >= 4 is 103 Å². The molecule has 4 bridgehead atoms. The average molecular weight is 2010 g/mol. The number of benzene rings is 3. The summed E-state index contributed by atoms with van der Waals surface area (Å²) in [5.74, 6) is -5.02. The summed E-state index contributed by atoms with van der Waals surface area (Å²) < 4.78 is 81.2. The normalized spacial score (nSPS) is 18.7. The van der Waals surface area contributed by atoms with E-state index in [1.165, 1.54) is 37.3 Å². The molecule has 4 aliphatic carbocycles. The first-order valence-electron chi connectivity index (χ1n) is 49.6. The molecule has 4 fully saturated rings. The summed E-state index contributed by atoms with van der Waals surface area (Å²) in [4.78, 5) is 158. The zero-order chi connectivity index (χ0) is 102. The monoisotopic (exact) mass is 2010 g/mol. The summed E-state index contributed by atoms with van der Waals surface area (Å²) in [7, 11) is 1.63. The SMILES string of the molecule is COCCOCCOCCOCCOCCOCCOCCOCCOCCOCCOCCOCC(=O)NCCCCC(NC(=O)OCc1ccc(NC(=O)[C@H](C)NC(=O)[C@@H](NC(=O)CCCCCN2C(=O)C=CC2=O)C(C)C)cc1)C(=O)N[C@H](C)C(=O)NCCOC12CC3(C)CC(C)(CC(Cn4ncc(-c5ccc(N6CCc7cccc(C(=O)Nc8nc9ccccc9s8)c7C6)nc5C(=O)O)c4C)(C3)C1)C2. The van der Waals surface area contributed by atoms with Gasteiger partial charge in [0.2, 0.25) is 35.4 Å². The number of aromatic carboxylic acids is 1. The van der Waals surface area contributed by atoms with E-state index in [1.807, 2.05) is 59.0 Å². The number of carbonyl (C=O) groups is 11. The number of unbranched alkanes of at least 4 members (excludes halogenated alkanes) is 3. The number of rotatable bonds is 69. The molecule has 143 heavy (non-hydrogen) atoms. The number of pyridine rings is 1. The molecular formula is C102H144N14O26S. The van der Waals surface area contributed by atoms with Gasteiger partial charge in [0.15, 0.2) is 10.8 Å². The van der Waals surface area contributed by atoms with Crippen LogP contribution in [0.25, 0.3) is 21.3 Å². The Balaban J connectivity index is 0.592. The van der Waals surface area contributed by atoms with E-state index < -0.39 is 65.5 Å². The molecule has 3 aromatic heterocycles. The van der Waals surface area contributed by atoms with Gasteiger partial charge in [0.05, 0.1) is 174 Å². The molecule has 9 N–H and O–H groups in total. The molecule has 41 heteroatoms. The maximum atomic E-state index is 14.3. The fraction of sp³-hybridized carbons (Fsp3) is 0.608. The number of imide groups is 1. The third kappa shape index (κ3) is 36.1.